The number of aliphatic hydroxyl groups excluding tert-OH is 1. The largest absolute Gasteiger partial charge is 0.505 e. The van der Waals surface area contributed by atoms with E-state index in [0.29, 0.717) is 17.9 Å². The first-order valence-electron chi connectivity index (χ1n) is 9.57. The van der Waals surface area contributed by atoms with E-state index in [1.54, 1.807) is 23.1 Å². The third-order valence-electron chi connectivity index (χ3n) is 5.06. The van der Waals surface area contributed by atoms with Crippen molar-refractivity contribution >= 4 is 56.6 Å². The zero-order valence-electron chi connectivity index (χ0n) is 17.3. The van der Waals surface area contributed by atoms with Crippen molar-refractivity contribution in [1.82, 2.24) is 4.31 Å². The van der Waals surface area contributed by atoms with Gasteiger partial charge in [-0.3, -0.25) is 4.90 Å². The number of allylic oxidation sites excluding steroid dienone is 2. The summed E-state index contributed by atoms with van der Waals surface area (Å²) in [4.78, 5) is 14.0. The van der Waals surface area contributed by atoms with Gasteiger partial charge in [-0.25, -0.2) is 17.5 Å². The molecule has 0 spiro atoms. The quantitative estimate of drug-likeness (QED) is 0.335. The maximum Gasteiger partial charge on any atom is 0.414 e. The number of rotatable bonds is 5. The SMILES string of the molecule is C#C.C/C(Cl)=C(O)\C(Cl)=C/CS(=O)(=O)N1CCC(N2C(=O)OCc3cc(Cl)ccc32)CC1. The number of anilines is 1. The molecule has 32 heavy (non-hydrogen) atoms. The number of carbonyl (C=O) groups is 1. The smallest absolute Gasteiger partial charge is 0.414 e. The molecule has 0 saturated carbocycles. The van der Waals surface area contributed by atoms with E-state index in [2.05, 4.69) is 12.8 Å². The number of hydrogen-bond acceptors (Lipinski definition) is 5. The van der Waals surface area contributed by atoms with Gasteiger partial charge >= 0.3 is 6.09 Å². The predicted octanol–water partition coefficient (Wildman–Crippen LogP) is 4.99. The Morgan fingerprint density at radius 2 is 1.91 bits per heavy atom. The molecule has 0 bridgehead atoms. The standard InChI is InChI=1S/C19H21Cl3N2O5S.C2H2/c1-12(20)18(25)16(22)6-9-30(27,28)23-7-4-15(5-8-23)24-17-3-2-14(21)10-13(17)11-29-19(24)26;1-2/h2-3,6,10,15,25H,4-5,7-9,11H2,1H3;1-2H/b16-6+,18-12-;. The summed E-state index contributed by atoms with van der Waals surface area (Å²) >= 11 is 17.6. The van der Waals surface area contributed by atoms with E-state index in [1.165, 1.54) is 17.3 Å². The number of terminal acetylenes is 1. The Morgan fingerprint density at radius 1 is 1.28 bits per heavy atom. The van der Waals surface area contributed by atoms with Crippen LogP contribution in [0.4, 0.5) is 10.5 Å². The Balaban J connectivity index is 0.00000176. The molecule has 1 amide bonds. The van der Waals surface area contributed by atoms with Crippen LogP contribution >= 0.6 is 34.8 Å². The molecule has 1 aromatic carbocycles. The van der Waals surface area contributed by atoms with E-state index >= 15 is 0 Å². The number of cyclic esters (lactones) is 1. The fourth-order valence-electron chi connectivity index (χ4n) is 3.48. The summed E-state index contributed by atoms with van der Waals surface area (Å²) in [6.07, 6.45) is 9.69. The number of aliphatic hydroxyl groups is 1. The van der Waals surface area contributed by atoms with Gasteiger partial charge in [-0.15, -0.1) is 12.8 Å². The molecule has 1 aromatic rings. The summed E-state index contributed by atoms with van der Waals surface area (Å²) in [6, 6.07) is 5.08. The van der Waals surface area contributed by atoms with E-state index < -0.39 is 16.1 Å². The lowest BCUT2D eigenvalue weighted by molar-refractivity contribution is 0.136. The topological polar surface area (TPSA) is 87.2 Å². The van der Waals surface area contributed by atoms with Crippen molar-refractivity contribution < 1.29 is 23.1 Å². The van der Waals surface area contributed by atoms with Crippen LogP contribution in [0.5, 0.6) is 0 Å². The van der Waals surface area contributed by atoms with Crippen molar-refractivity contribution in [2.45, 2.75) is 32.4 Å². The summed E-state index contributed by atoms with van der Waals surface area (Å²) in [6.45, 7) is 2.11. The highest BCUT2D eigenvalue weighted by molar-refractivity contribution is 7.89. The third-order valence-corrected chi connectivity index (χ3v) is 7.54. The lowest BCUT2D eigenvalue weighted by atomic mass is 10.0. The maximum absolute atomic E-state index is 12.6. The highest BCUT2D eigenvalue weighted by Crippen LogP contribution is 2.34. The van der Waals surface area contributed by atoms with Crippen molar-refractivity contribution in [3.05, 3.63) is 50.7 Å². The molecule has 0 aliphatic carbocycles. The zero-order chi connectivity index (χ0) is 24.1. The molecular weight excluding hydrogens is 499 g/mol. The van der Waals surface area contributed by atoms with Gasteiger partial charge in [0.25, 0.3) is 0 Å². The Labute approximate surface area is 203 Å². The number of carbonyl (C=O) groups excluding carboxylic acids is 1. The summed E-state index contributed by atoms with van der Waals surface area (Å²) in [5.74, 6) is -0.715. The van der Waals surface area contributed by atoms with Crippen LogP contribution < -0.4 is 4.90 Å². The average Bonchev–Trinajstić information content (AvgIpc) is 2.78. The molecule has 1 N–H and O–H groups in total. The summed E-state index contributed by atoms with van der Waals surface area (Å²) < 4.78 is 31.9. The van der Waals surface area contributed by atoms with Gasteiger partial charge in [-0.2, -0.15) is 0 Å². The average molecular weight is 522 g/mol. The molecule has 1 fully saturated rings. The van der Waals surface area contributed by atoms with Crippen molar-refractivity contribution in [2.75, 3.05) is 23.7 Å². The minimum Gasteiger partial charge on any atom is -0.505 e. The van der Waals surface area contributed by atoms with Gasteiger partial charge in [0.1, 0.15) is 12.4 Å². The fourth-order valence-corrected chi connectivity index (χ4v) is 5.49. The highest BCUT2D eigenvalue weighted by atomic mass is 35.5. The Kier molecular flexibility index (Phi) is 9.31. The van der Waals surface area contributed by atoms with Gasteiger partial charge in [0.2, 0.25) is 10.0 Å². The van der Waals surface area contributed by atoms with Crippen LogP contribution in [0, 0.1) is 12.8 Å². The maximum atomic E-state index is 12.6. The lowest BCUT2D eigenvalue weighted by Crippen LogP contribution is -2.50. The van der Waals surface area contributed by atoms with Crippen molar-refractivity contribution in [3.8, 4) is 12.8 Å². The number of hydrogen-bond donors (Lipinski definition) is 1. The first kappa shape index (κ1) is 26.4. The molecule has 2 aliphatic rings. The van der Waals surface area contributed by atoms with Gasteiger partial charge in [0.05, 0.1) is 21.5 Å². The highest BCUT2D eigenvalue weighted by Gasteiger charge is 2.36. The van der Waals surface area contributed by atoms with Gasteiger partial charge in [-0.1, -0.05) is 34.8 Å². The van der Waals surface area contributed by atoms with Crippen LogP contribution in [0.25, 0.3) is 0 Å². The predicted molar refractivity (Wildman–Crippen MR) is 128 cm³/mol. The number of ether oxygens (including phenoxy) is 1. The molecule has 0 aromatic heterocycles. The molecule has 0 atom stereocenters. The van der Waals surface area contributed by atoms with Crippen LogP contribution in [0.3, 0.4) is 0 Å². The second-order valence-electron chi connectivity index (χ2n) is 7.04. The molecule has 0 unspecified atom stereocenters. The van der Waals surface area contributed by atoms with Gasteiger partial charge in [0.15, 0.2) is 0 Å². The molecular formula is C21H23Cl3N2O5S. The molecule has 174 valence electrons. The van der Waals surface area contributed by atoms with E-state index in [0.717, 1.165) is 11.3 Å². The second-order valence-corrected chi connectivity index (χ2v) is 10.5. The van der Waals surface area contributed by atoms with Crippen LogP contribution in [-0.2, 0) is 21.4 Å². The summed E-state index contributed by atoms with van der Waals surface area (Å²) in [5, 5.41) is 10.2. The molecule has 2 heterocycles. The Hall–Kier alpha value is -1.89. The second kappa shape index (κ2) is 11.3. The minimum absolute atomic E-state index is 0.0736. The normalized spacial score (nSPS) is 18.8. The summed E-state index contributed by atoms with van der Waals surface area (Å²) in [7, 11) is -3.63. The molecule has 1 saturated heterocycles. The minimum atomic E-state index is -3.63. The van der Waals surface area contributed by atoms with E-state index in [4.69, 9.17) is 39.5 Å². The molecule has 7 nitrogen and oxygen atoms in total. The number of sulfonamides is 1. The van der Waals surface area contributed by atoms with Gasteiger partial charge < -0.3 is 9.84 Å². The Morgan fingerprint density at radius 3 is 2.50 bits per heavy atom. The van der Waals surface area contributed by atoms with Crippen molar-refractivity contribution in [2.24, 2.45) is 0 Å². The van der Waals surface area contributed by atoms with Crippen LogP contribution in [0.15, 0.2) is 40.1 Å². The molecule has 11 heteroatoms. The van der Waals surface area contributed by atoms with Gasteiger partial charge in [0, 0.05) is 29.7 Å². The molecule has 3 rings (SSSR count). The number of piperidine rings is 1. The zero-order valence-corrected chi connectivity index (χ0v) is 20.4. The number of benzene rings is 1. The number of halogens is 3. The van der Waals surface area contributed by atoms with E-state index in [-0.39, 0.29) is 47.3 Å². The fraction of sp³-hybridized carbons (Fsp3) is 0.381. The first-order valence-corrected chi connectivity index (χ1v) is 12.3. The van der Waals surface area contributed by atoms with Crippen molar-refractivity contribution in [3.63, 3.8) is 0 Å². The Bertz CT molecular complexity index is 1040. The van der Waals surface area contributed by atoms with Gasteiger partial charge in [-0.05, 0) is 44.0 Å². The molecule has 0 radical (unpaired) electrons. The third kappa shape index (κ3) is 6.12. The first-order chi connectivity index (χ1) is 15.1. The molecule has 2 aliphatic heterocycles. The monoisotopic (exact) mass is 520 g/mol. The van der Waals surface area contributed by atoms with Crippen LogP contribution in [0.1, 0.15) is 25.3 Å². The number of fused-ring (bicyclic) bond motifs is 1. The van der Waals surface area contributed by atoms with Crippen molar-refractivity contribution in [1.29, 1.82) is 0 Å². The number of amides is 1. The van der Waals surface area contributed by atoms with E-state index in [1.807, 2.05) is 0 Å². The van der Waals surface area contributed by atoms with Crippen LogP contribution in [0.2, 0.25) is 5.02 Å². The lowest BCUT2D eigenvalue weighted by Gasteiger charge is -2.39. The number of nitrogens with zero attached hydrogens (tertiary/aromatic N) is 2. The summed E-state index contributed by atoms with van der Waals surface area (Å²) in [5.41, 5.74) is 1.56. The van der Waals surface area contributed by atoms with Crippen LogP contribution in [-0.4, -0.2) is 48.8 Å². The van der Waals surface area contributed by atoms with E-state index in [9.17, 15) is 18.3 Å².